The lowest BCUT2D eigenvalue weighted by atomic mass is 9.70. The monoisotopic (exact) mass is 444 g/mol. The van der Waals surface area contributed by atoms with Gasteiger partial charge in [0.1, 0.15) is 11.5 Å². The van der Waals surface area contributed by atoms with E-state index in [-0.39, 0.29) is 28.6 Å². The summed E-state index contributed by atoms with van der Waals surface area (Å²) in [6.07, 6.45) is 4.57. The molecule has 0 aromatic heterocycles. The van der Waals surface area contributed by atoms with Gasteiger partial charge >= 0.3 is 6.16 Å². The fraction of sp³-hybridized carbons (Fsp3) is 0.600. The van der Waals surface area contributed by atoms with E-state index in [9.17, 15) is 18.0 Å². The van der Waals surface area contributed by atoms with Crippen molar-refractivity contribution in [2.24, 2.45) is 16.7 Å². The first-order chi connectivity index (χ1) is 13.3. The Kier molecular flexibility index (Phi) is 5.55. The van der Waals surface area contributed by atoms with E-state index in [4.69, 9.17) is 8.37 Å². The van der Waals surface area contributed by atoms with Crippen LogP contribution in [-0.4, -0.2) is 45.7 Å². The van der Waals surface area contributed by atoms with E-state index in [0.29, 0.717) is 17.7 Å². The van der Waals surface area contributed by atoms with E-state index in [1.54, 1.807) is 36.8 Å². The Labute approximate surface area is 173 Å². The van der Waals surface area contributed by atoms with E-state index in [2.05, 4.69) is 4.74 Å². The highest BCUT2D eigenvalue weighted by molar-refractivity contribution is 8.32. The molecule has 0 amide bonds. The van der Waals surface area contributed by atoms with Crippen LogP contribution in [-0.2, 0) is 23.3 Å². The van der Waals surface area contributed by atoms with Gasteiger partial charge < -0.3 is 9.47 Å². The molecule has 2 saturated carbocycles. The fourth-order valence-electron chi connectivity index (χ4n) is 4.71. The third-order valence-corrected chi connectivity index (χ3v) is 11.0. The second kappa shape index (κ2) is 7.28. The number of hydrogen-bond donors (Lipinski definition) is 0. The van der Waals surface area contributed by atoms with Crippen molar-refractivity contribution in [2.75, 3.05) is 25.4 Å². The molecule has 0 N–H and O–H groups in total. The molecule has 0 saturated heterocycles. The molecule has 1 aromatic carbocycles. The number of ether oxygens (including phenoxy) is 2. The summed E-state index contributed by atoms with van der Waals surface area (Å²) in [5, 5.41) is 0. The molecule has 3 rings (SSSR count). The van der Waals surface area contributed by atoms with Gasteiger partial charge in [-0.3, -0.25) is 4.79 Å². The molecule has 0 aliphatic heterocycles. The zero-order chi connectivity index (χ0) is 21.7. The van der Waals surface area contributed by atoms with Crippen LogP contribution in [0.4, 0.5) is 4.79 Å². The van der Waals surface area contributed by atoms with E-state index < -0.39 is 32.0 Å². The van der Waals surface area contributed by atoms with Gasteiger partial charge in [-0.05, 0) is 61.0 Å². The maximum atomic E-state index is 13.0. The highest BCUT2D eigenvalue weighted by atomic mass is 32.3. The maximum absolute atomic E-state index is 13.0. The Balaban J connectivity index is 1.77. The van der Waals surface area contributed by atoms with Crippen molar-refractivity contribution in [1.29, 1.82) is 0 Å². The van der Waals surface area contributed by atoms with Crippen LogP contribution < -0.4 is 4.74 Å². The third kappa shape index (κ3) is 3.92. The summed E-state index contributed by atoms with van der Waals surface area (Å²) in [6.45, 7) is 4.01. The molecule has 0 spiro atoms. The van der Waals surface area contributed by atoms with Crippen molar-refractivity contribution < 1.29 is 31.1 Å². The standard InChI is InChI=1S/C20H28O7S2/c1-19(2)14-10-11-20(19,17(21)12-14)13-29(23,24)27-28(4,5)16-8-6-15(7-9-16)26-18(22)25-3/h6-9,14H,10-13H2,1-5H3. The van der Waals surface area contributed by atoms with Crippen molar-refractivity contribution in [3.05, 3.63) is 24.3 Å². The number of carbonyl (C=O) groups is 2. The Morgan fingerprint density at radius 1 is 1.17 bits per heavy atom. The number of hydrogen-bond acceptors (Lipinski definition) is 7. The van der Waals surface area contributed by atoms with E-state index in [1.807, 2.05) is 13.8 Å². The minimum absolute atomic E-state index is 0.0445. The number of methoxy groups -OCH3 is 1. The summed E-state index contributed by atoms with van der Waals surface area (Å²) in [4.78, 5) is 24.5. The molecule has 162 valence electrons. The van der Waals surface area contributed by atoms with Crippen molar-refractivity contribution in [1.82, 2.24) is 0 Å². The molecule has 2 aliphatic rings. The zero-order valence-corrected chi connectivity index (χ0v) is 19.0. The molecule has 2 unspecified atom stereocenters. The Bertz CT molecular complexity index is 919. The number of rotatable bonds is 6. The molecule has 0 radical (unpaired) electrons. The molecule has 0 heterocycles. The zero-order valence-electron chi connectivity index (χ0n) is 17.4. The highest BCUT2D eigenvalue weighted by Gasteiger charge is 2.65. The largest absolute Gasteiger partial charge is 0.513 e. The fourth-order valence-corrected chi connectivity index (χ4v) is 9.36. The van der Waals surface area contributed by atoms with E-state index in [0.717, 1.165) is 6.42 Å². The molecule has 2 bridgehead atoms. The first-order valence-corrected chi connectivity index (χ1v) is 13.3. The number of fused-ring (bicyclic) bond motifs is 2. The van der Waals surface area contributed by atoms with Crippen LogP contribution in [0.15, 0.2) is 29.2 Å². The molecular formula is C20H28O7S2. The first-order valence-electron chi connectivity index (χ1n) is 9.39. The van der Waals surface area contributed by atoms with Crippen LogP contribution in [0.25, 0.3) is 0 Å². The summed E-state index contributed by atoms with van der Waals surface area (Å²) >= 11 is 0. The molecule has 1 aromatic rings. The summed E-state index contributed by atoms with van der Waals surface area (Å²) in [6, 6.07) is 6.44. The summed E-state index contributed by atoms with van der Waals surface area (Å²) < 4.78 is 41.1. The lowest BCUT2D eigenvalue weighted by molar-refractivity contribution is -0.128. The highest BCUT2D eigenvalue weighted by Crippen LogP contribution is 2.65. The molecule has 9 heteroatoms. The van der Waals surface area contributed by atoms with Crippen LogP contribution in [0.3, 0.4) is 0 Å². The number of carbonyl (C=O) groups excluding carboxylic acids is 2. The molecule has 29 heavy (non-hydrogen) atoms. The quantitative estimate of drug-likeness (QED) is 0.485. The smallest absolute Gasteiger partial charge is 0.437 e. The van der Waals surface area contributed by atoms with Crippen LogP contribution in [0.2, 0.25) is 0 Å². The molecule has 2 fully saturated rings. The van der Waals surface area contributed by atoms with Gasteiger partial charge in [-0.2, -0.15) is 8.42 Å². The number of benzene rings is 1. The van der Waals surface area contributed by atoms with Crippen molar-refractivity contribution in [2.45, 2.75) is 38.0 Å². The molecular weight excluding hydrogens is 416 g/mol. The maximum Gasteiger partial charge on any atom is 0.513 e. The van der Waals surface area contributed by atoms with Crippen molar-refractivity contribution in [3.8, 4) is 5.75 Å². The number of ketones is 1. The molecule has 2 atom stereocenters. The van der Waals surface area contributed by atoms with E-state index in [1.165, 1.54) is 7.11 Å². The van der Waals surface area contributed by atoms with Crippen LogP contribution in [0, 0.1) is 16.7 Å². The normalized spacial score (nSPS) is 26.4. The lowest BCUT2D eigenvalue weighted by Gasteiger charge is -2.37. The summed E-state index contributed by atoms with van der Waals surface area (Å²) in [5.41, 5.74) is -1.20. The van der Waals surface area contributed by atoms with Gasteiger partial charge in [0.25, 0.3) is 10.1 Å². The molecule has 2 aliphatic carbocycles. The van der Waals surface area contributed by atoms with Crippen molar-refractivity contribution >= 4 is 32.4 Å². The van der Waals surface area contributed by atoms with Crippen molar-refractivity contribution in [3.63, 3.8) is 0 Å². The Morgan fingerprint density at radius 3 is 2.28 bits per heavy atom. The second-order valence-corrected chi connectivity index (χ2v) is 13.6. The van der Waals surface area contributed by atoms with Crippen LogP contribution in [0.5, 0.6) is 5.75 Å². The SMILES string of the molecule is COC(=O)Oc1ccc(S(C)(C)OS(=O)(=O)CC23CCC(CC2=O)C3(C)C)cc1. The minimum atomic E-state index is -3.94. The van der Waals surface area contributed by atoms with Gasteiger partial charge in [-0.15, -0.1) is 0 Å². The molecule has 7 nitrogen and oxygen atoms in total. The van der Waals surface area contributed by atoms with Gasteiger partial charge in [0, 0.05) is 11.3 Å². The predicted molar refractivity (Wildman–Crippen MR) is 111 cm³/mol. The lowest BCUT2D eigenvalue weighted by Crippen LogP contribution is -2.42. The number of Topliss-reactive ketones (excluding diaryl/α,β-unsaturated/α-hetero) is 1. The Morgan fingerprint density at radius 2 is 1.79 bits per heavy atom. The second-order valence-electron chi connectivity index (χ2n) is 8.70. The third-order valence-electron chi connectivity index (χ3n) is 6.60. The van der Waals surface area contributed by atoms with Gasteiger partial charge in [0.2, 0.25) is 0 Å². The average Bonchev–Trinajstić information content (AvgIpc) is 2.95. The van der Waals surface area contributed by atoms with Gasteiger partial charge in [0.05, 0.1) is 18.3 Å². The minimum Gasteiger partial charge on any atom is -0.437 e. The van der Waals surface area contributed by atoms with Crippen LogP contribution >= 0.6 is 10.3 Å². The predicted octanol–water partition coefficient (Wildman–Crippen LogP) is 3.91. The van der Waals surface area contributed by atoms with Gasteiger partial charge in [-0.25, -0.2) is 8.42 Å². The van der Waals surface area contributed by atoms with Crippen LogP contribution in [0.1, 0.15) is 33.1 Å². The van der Waals surface area contributed by atoms with Gasteiger partial charge in [-0.1, -0.05) is 24.2 Å². The summed E-state index contributed by atoms with van der Waals surface area (Å²) in [5.74, 6) is 0.297. The summed E-state index contributed by atoms with van der Waals surface area (Å²) in [7, 11) is -4.89. The average molecular weight is 445 g/mol. The Hall–Kier alpha value is -1.58. The first kappa shape index (κ1) is 22.1. The topological polar surface area (TPSA) is 96.0 Å². The van der Waals surface area contributed by atoms with Gasteiger partial charge in [0.15, 0.2) is 0 Å². The van der Waals surface area contributed by atoms with E-state index >= 15 is 0 Å².